The molecule has 0 radical (unpaired) electrons. The van der Waals surface area contributed by atoms with Gasteiger partial charge in [-0.3, -0.25) is 9.69 Å². The highest BCUT2D eigenvalue weighted by Gasteiger charge is 2.22. The maximum Gasteiger partial charge on any atom is 0.324 e. The smallest absolute Gasteiger partial charge is 0.324 e. The average molecular weight is 230 g/mol. The Bertz CT molecular complexity index is 205. The van der Waals surface area contributed by atoms with Crippen LogP contribution in [0.25, 0.3) is 0 Å². The van der Waals surface area contributed by atoms with Crippen LogP contribution in [0.2, 0.25) is 0 Å². The summed E-state index contributed by atoms with van der Waals surface area (Å²) in [5.74, 6) is 0.398. The van der Waals surface area contributed by atoms with Gasteiger partial charge in [0.15, 0.2) is 0 Å². The maximum atomic E-state index is 11.5. The van der Waals surface area contributed by atoms with Crippen LogP contribution in [-0.2, 0) is 9.53 Å². The molecule has 16 heavy (non-hydrogen) atoms. The van der Waals surface area contributed by atoms with E-state index < -0.39 is 0 Å². The van der Waals surface area contributed by atoms with Gasteiger partial charge in [-0.05, 0) is 26.8 Å². The molecule has 0 heterocycles. The number of carbonyl (C=O) groups excluding carboxylic acids is 1. The fraction of sp³-hybridized carbons (Fsp3) is 0.917. The molecule has 0 aliphatic rings. The summed E-state index contributed by atoms with van der Waals surface area (Å²) >= 11 is 0. The molecule has 0 bridgehead atoms. The van der Waals surface area contributed by atoms with Gasteiger partial charge in [0.25, 0.3) is 0 Å². The molecule has 0 aromatic heterocycles. The van der Waals surface area contributed by atoms with Gasteiger partial charge in [0, 0.05) is 19.1 Å². The van der Waals surface area contributed by atoms with Crippen molar-refractivity contribution in [1.29, 1.82) is 0 Å². The Balaban J connectivity index is 4.40. The second kappa shape index (κ2) is 7.63. The van der Waals surface area contributed by atoms with E-state index in [0.29, 0.717) is 18.5 Å². The standard InChI is InChI=1S/C12H26N2O2/c1-9(2)7-14(10(3)4)8-11(13-5)12(15)16-6/h9-11,13H,7-8H2,1-6H3. The normalized spacial score (nSPS) is 13.6. The van der Waals surface area contributed by atoms with Crippen LogP contribution >= 0.6 is 0 Å². The first-order valence-corrected chi connectivity index (χ1v) is 5.91. The van der Waals surface area contributed by atoms with E-state index in [1.165, 1.54) is 7.11 Å². The summed E-state index contributed by atoms with van der Waals surface area (Å²) in [6.45, 7) is 10.3. The van der Waals surface area contributed by atoms with Crippen LogP contribution < -0.4 is 5.32 Å². The number of esters is 1. The Hall–Kier alpha value is -0.610. The lowest BCUT2D eigenvalue weighted by molar-refractivity contribution is -0.143. The Labute approximate surface area is 99.3 Å². The molecule has 1 atom stereocenters. The van der Waals surface area contributed by atoms with Crippen LogP contribution in [0.15, 0.2) is 0 Å². The zero-order valence-electron chi connectivity index (χ0n) is 11.4. The zero-order valence-corrected chi connectivity index (χ0v) is 11.4. The monoisotopic (exact) mass is 230 g/mol. The Morgan fingerprint density at radius 3 is 2.12 bits per heavy atom. The first-order chi connectivity index (χ1) is 7.42. The highest BCUT2D eigenvalue weighted by Crippen LogP contribution is 2.05. The van der Waals surface area contributed by atoms with Crippen molar-refractivity contribution in [2.75, 3.05) is 27.2 Å². The summed E-state index contributed by atoms with van der Waals surface area (Å²) in [5.41, 5.74) is 0. The maximum absolute atomic E-state index is 11.5. The molecule has 4 heteroatoms. The molecule has 96 valence electrons. The van der Waals surface area contributed by atoms with E-state index in [1.54, 1.807) is 7.05 Å². The summed E-state index contributed by atoms with van der Waals surface area (Å²) < 4.78 is 4.76. The van der Waals surface area contributed by atoms with Crippen molar-refractivity contribution < 1.29 is 9.53 Å². The van der Waals surface area contributed by atoms with Crippen LogP contribution in [0.1, 0.15) is 27.7 Å². The molecule has 0 spiro atoms. The summed E-state index contributed by atoms with van der Waals surface area (Å²) in [6.07, 6.45) is 0. The third kappa shape index (κ3) is 5.47. The first kappa shape index (κ1) is 15.4. The predicted octanol–water partition coefficient (Wildman–Crippen LogP) is 1.11. The van der Waals surface area contributed by atoms with E-state index >= 15 is 0 Å². The van der Waals surface area contributed by atoms with Gasteiger partial charge in [-0.1, -0.05) is 13.8 Å². The SMILES string of the molecule is CNC(CN(CC(C)C)C(C)C)C(=O)OC. The van der Waals surface area contributed by atoms with Gasteiger partial charge in [-0.2, -0.15) is 0 Å². The van der Waals surface area contributed by atoms with Crippen LogP contribution in [-0.4, -0.2) is 50.2 Å². The molecule has 1 N–H and O–H groups in total. The lowest BCUT2D eigenvalue weighted by atomic mass is 10.1. The Morgan fingerprint density at radius 2 is 1.81 bits per heavy atom. The summed E-state index contributed by atoms with van der Waals surface area (Å²) in [5, 5.41) is 3.00. The molecule has 4 nitrogen and oxygen atoms in total. The summed E-state index contributed by atoms with van der Waals surface area (Å²) in [6, 6.07) is 0.189. The van der Waals surface area contributed by atoms with Crippen molar-refractivity contribution in [1.82, 2.24) is 10.2 Å². The number of carbonyl (C=O) groups is 1. The zero-order chi connectivity index (χ0) is 12.7. The number of likely N-dealkylation sites (N-methyl/N-ethyl adjacent to an activating group) is 1. The second-order valence-corrected chi connectivity index (χ2v) is 4.81. The number of rotatable bonds is 7. The Morgan fingerprint density at radius 1 is 1.25 bits per heavy atom. The van der Waals surface area contributed by atoms with Crippen LogP contribution in [0.3, 0.4) is 0 Å². The lowest BCUT2D eigenvalue weighted by Gasteiger charge is -2.30. The fourth-order valence-corrected chi connectivity index (χ4v) is 1.63. The van der Waals surface area contributed by atoms with Crippen LogP contribution in [0.5, 0.6) is 0 Å². The van der Waals surface area contributed by atoms with Gasteiger partial charge >= 0.3 is 5.97 Å². The molecule has 1 unspecified atom stereocenters. The molecule has 0 aliphatic carbocycles. The van der Waals surface area contributed by atoms with E-state index in [0.717, 1.165) is 6.54 Å². The molecule has 0 saturated heterocycles. The molecule has 0 aliphatic heterocycles. The quantitative estimate of drug-likeness (QED) is 0.665. The minimum absolute atomic E-state index is 0.197. The second-order valence-electron chi connectivity index (χ2n) is 4.81. The summed E-state index contributed by atoms with van der Waals surface area (Å²) in [4.78, 5) is 13.8. The van der Waals surface area contributed by atoms with Gasteiger partial charge in [0.05, 0.1) is 7.11 Å². The number of methoxy groups -OCH3 is 1. The molecule has 0 aromatic carbocycles. The molecular formula is C12H26N2O2. The number of hydrogen-bond acceptors (Lipinski definition) is 4. The molecule has 0 fully saturated rings. The number of ether oxygens (including phenoxy) is 1. The van der Waals surface area contributed by atoms with Gasteiger partial charge in [-0.25, -0.2) is 0 Å². The van der Waals surface area contributed by atoms with Crippen molar-refractivity contribution in [2.24, 2.45) is 5.92 Å². The number of hydrogen-bond donors (Lipinski definition) is 1. The van der Waals surface area contributed by atoms with Crippen molar-refractivity contribution >= 4 is 5.97 Å². The van der Waals surface area contributed by atoms with Gasteiger partial charge in [-0.15, -0.1) is 0 Å². The van der Waals surface area contributed by atoms with Crippen LogP contribution in [0, 0.1) is 5.92 Å². The lowest BCUT2D eigenvalue weighted by Crippen LogP contribution is -2.48. The molecule has 0 aromatic rings. The third-order valence-corrected chi connectivity index (χ3v) is 2.58. The number of nitrogens with zero attached hydrogens (tertiary/aromatic N) is 1. The van der Waals surface area contributed by atoms with E-state index in [2.05, 4.69) is 37.9 Å². The molecule has 0 rings (SSSR count). The van der Waals surface area contributed by atoms with Gasteiger partial charge in [0.2, 0.25) is 0 Å². The van der Waals surface area contributed by atoms with Gasteiger partial charge < -0.3 is 10.1 Å². The topological polar surface area (TPSA) is 41.6 Å². The van der Waals surface area contributed by atoms with Crippen LogP contribution in [0.4, 0.5) is 0 Å². The molecule has 0 amide bonds. The highest BCUT2D eigenvalue weighted by molar-refractivity contribution is 5.75. The number of nitrogens with one attached hydrogen (secondary N) is 1. The van der Waals surface area contributed by atoms with E-state index in [-0.39, 0.29) is 12.0 Å². The highest BCUT2D eigenvalue weighted by atomic mass is 16.5. The minimum Gasteiger partial charge on any atom is -0.468 e. The molecule has 0 saturated carbocycles. The van der Waals surface area contributed by atoms with Crippen molar-refractivity contribution in [2.45, 2.75) is 39.8 Å². The summed E-state index contributed by atoms with van der Waals surface area (Å²) in [7, 11) is 3.21. The van der Waals surface area contributed by atoms with E-state index in [4.69, 9.17) is 4.74 Å². The van der Waals surface area contributed by atoms with Gasteiger partial charge in [0.1, 0.15) is 6.04 Å². The fourth-order valence-electron chi connectivity index (χ4n) is 1.63. The largest absolute Gasteiger partial charge is 0.468 e. The average Bonchev–Trinajstić information content (AvgIpc) is 2.22. The van der Waals surface area contributed by atoms with E-state index in [1.807, 2.05) is 0 Å². The van der Waals surface area contributed by atoms with Crippen molar-refractivity contribution in [3.05, 3.63) is 0 Å². The minimum atomic E-state index is -0.244. The third-order valence-electron chi connectivity index (χ3n) is 2.58. The Kier molecular flexibility index (Phi) is 7.34. The van der Waals surface area contributed by atoms with Crippen molar-refractivity contribution in [3.63, 3.8) is 0 Å². The van der Waals surface area contributed by atoms with Crippen molar-refractivity contribution in [3.8, 4) is 0 Å². The first-order valence-electron chi connectivity index (χ1n) is 5.91. The molecular weight excluding hydrogens is 204 g/mol. The van der Waals surface area contributed by atoms with E-state index in [9.17, 15) is 4.79 Å². The predicted molar refractivity (Wildman–Crippen MR) is 66.4 cm³/mol.